The number of esters is 1. The number of carbonyl (C=O) groups excluding carboxylic acids is 2. The Balaban J connectivity index is 1.68. The van der Waals surface area contributed by atoms with E-state index in [-0.39, 0.29) is 12.4 Å². The zero-order valence-corrected chi connectivity index (χ0v) is 14.2. The summed E-state index contributed by atoms with van der Waals surface area (Å²) < 4.78 is 10.1. The third kappa shape index (κ3) is 5.96. The highest BCUT2D eigenvalue weighted by atomic mass is 32.2. The molecule has 0 spiro atoms. The number of hydrogen-bond acceptors (Lipinski definition) is 6. The number of hydrogen-bond donors (Lipinski definition) is 1. The topological polar surface area (TPSA) is 64.6 Å². The third-order valence-electron chi connectivity index (χ3n) is 2.79. The summed E-state index contributed by atoms with van der Waals surface area (Å²) in [6.45, 7) is -0.309. The van der Waals surface area contributed by atoms with Crippen molar-refractivity contribution in [1.29, 1.82) is 0 Å². The normalized spacial score (nSPS) is 10.1. The molecule has 0 atom stereocenters. The number of benzene rings is 1. The van der Waals surface area contributed by atoms with Gasteiger partial charge in [-0.2, -0.15) is 0 Å². The first-order valence-electron chi connectivity index (χ1n) is 6.87. The number of carbonyl (C=O) groups is 2. The molecule has 1 N–H and O–H groups in total. The Labute approximate surface area is 143 Å². The van der Waals surface area contributed by atoms with Crippen molar-refractivity contribution in [3.8, 4) is 5.75 Å². The van der Waals surface area contributed by atoms with E-state index < -0.39 is 11.9 Å². The van der Waals surface area contributed by atoms with E-state index in [1.807, 2.05) is 17.5 Å². The van der Waals surface area contributed by atoms with Crippen molar-refractivity contribution in [2.45, 2.75) is 5.75 Å². The first-order valence-corrected chi connectivity index (χ1v) is 8.91. The molecule has 2 rings (SSSR count). The second-order valence-corrected chi connectivity index (χ2v) is 6.50. The van der Waals surface area contributed by atoms with E-state index in [9.17, 15) is 9.59 Å². The summed E-state index contributed by atoms with van der Waals surface area (Å²) in [6.07, 6.45) is 0. The van der Waals surface area contributed by atoms with Gasteiger partial charge in [0.05, 0.1) is 18.6 Å². The molecule has 0 fully saturated rings. The van der Waals surface area contributed by atoms with Crippen molar-refractivity contribution in [1.82, 2.24) is 0 Å². The van der Waals surface area contributed by atoms with Gasteiger partial charge < -0.3 is 14.8 Å². The van der Waals surface area contributed by atoms with Crippen molar-refractivity contribution >= 4 is 40.7 Å². The molecule has 5 nitrogen and oxygen atoms in total. The van der Waals surface area contributed by atoms with E-state index in [1.165, 1.54) is 23.7 Å². The lowest BCUT2D eigenvalue weighted by Crippen LogP contribution is -2.21. The molecule has 1 amide bonds. The quantitative estimate of drug-likeness (QED) is 0.740. The molecule has 0 unspecified atom stereocenters. The monoisotopic (exact) mass is 351 g/mol. The van der Waals surface area contributed by atoms with Gasteiger partial charge in [0.25, 0.3) is 5.91 Å². The van der Waals surface area contributed by atoms with Crippen molar-refractivity contribution in [3.05, 3.63) is 46.7 Å². The summed E-state index contributed by atoms with van der Waals surface area (Å²) in [5.41, 5.74) is 0.545. The Kier molecular flexibility index (Phi) is 6.96. The standard InChI is InChI=1S/C16H17NO4S2/c1-20-14-7-3-2-6-13(14)17-15(18)9-21-16(19)11-22-10-12-5-4-8-23-12/h2-8H,9-11H2,1H3,(H,17,18). The molecule has 0 aliphatic carbocycles. The van der Waals surface area contributed by atoms with E-state index >= 15 is 0 Å². The molecular weight excluding hydrogens is 334 g/mol. The number of para-hydroxylation sites is 2. The van der Waals surface area contributed by atoms with Crippen LogP contribution in [0.25, 0.3) is 0 Å². The number of rotatable bonds is 8. The predicted molar refractivity (Wildman–Crippen MR) is 93.1 cm³/mol. The number of thiophene rings is 1. The van der Waals surface area contributed by atoms with Gasteiger partial charge in [0.15, 0.2) is 6.61 Å². The van der Waals surface area contributed by atoms with Crippen molar-refractivity contribution in [2.75, 3.05) is 24.8 Å². The van der Waals surface area contributed by atoms with Crippen LogP contribution in [0.1, 0.15) is 4.88 Å². The van der Waals surface area contributed by atoms with Gasteiger partial charge in [0, 0.05) is 10.6 Å². The maximum atomic E-state index is 11.8. The molecule has 7 heteroatoms. The Hall–Kier alpha value is -1.99. The summed E-state index contributed by atoms with van der Waals surface area (Å²) in [5.74, 6) is 0.742. The highest BCUT2D eigenvalue weighted by molar-refractivity contribution is 7.99. The van der Waals surface area contributed by atoms with Gasteiger partial charge in [-0.1, -0.05) is 18.2 Å². The number of thioether (sulfide) groups is 1. The van der Waals surface area contributed by atoms with Crippen molar-refractivity contribution < 1.29 is 19.1 Å². The van der Waals surface area contributed by atoms with E-state index in [2.05, 4.69) is 5.32 Å². The van der Waals surface area contributed by atoms with Crippen molar-refractivity contribution in [2.24, 2.45) is 0 Å². The lowest BCUT2D eigenvalue weighted by molar-refractivity contribution is -0.144. The number of ether oxygens (including phenoxy) is 2. The van der Waals surface area contributed by atoms with Gasteiger partial charge in [-0.05, 0) is 23.6 Å². The molecule has 23 heavy (non-hydrogen) atoms. The summed E-state index contributed by atoms with van der Waals surface area (Å²) >= 11 is 3.11. The van der Waals surface area contributed by atoms with Crippen LogP contribution in [-0.2, 0) is 20.1 Å². The maximum absolute atomic E-state index is 11.8. The van der Waals surface area contributed by atoms with E-state index in [4.69, 9.17) is 9.47 Å². The van der Waals surface area contributed by atoms with Crippen LogP contribution >= 0.6 is 23.1 Å². The molecule has 2 aromatic rings. The molecule has 0 saturated heterocycles. The van der Waals surface area contributed by atoms with Gasteiger partial charge in [0.2, 0.25) is 0 Å². The lowest BCUT2D eigenvalue weighted by atomic mass is 10.3. The SMILES string of the molecule is COc1ccccc1NC(=O)COC(=O)CSCc1cccs1. The molecule has 122 valence electrons. The molecule has 1 aromatic heterocycles. The molecule has 1 heterocycles. The molecule has 1 aromatic carbocycles. The van der Waals surface area contributed by atoms with Crippen LogP contribution in [0.4, 0.5) is 5.69 Å². The first-order chi connectivity index (χ1) is 11.2. The van der Waals surface area contributed by atoms with Crippen LogP contribution in [0.15, 0.2) is 41.8 Å². The zero-order valence-electron chi connectivity index (χ0n) is 12.6. The van der Waals surface area contributed by atoms with Crippen LogP contribution in [0.5, 0.6) is 5.75 Å². The van der Waals surface area contributed by atoms with Gasteiger partial charge in [0.1, 0.15) is 5.75 Å². The van der Waals surface area contributed by atoms with Crippen LogP contribution in [-0.4, -0.2) is 31.3 Å². The average molecular weight is 351 g/mol. The largest absolute Gasteiger partial charge is 0.495 e. The Bertz CT molecular complexity index is 643. The number of anilines is 1. The Morgan fingerprint density at radius 3 is 2.78 bits per heavy atom. The average Bonchev–Trinajstić information content (AvgIpc) is 3.07. The van der Waals surface area contributed by atoms with Gasteiger partial charge in [-0.25, -0.2) is 0 Å². The second-order valence-electron chi connectivity index (χ2n) is 4.48. The zero-order chi connectivity index (χ0) is 16.5. The number of amides is 1. The summed E-state index contributed by atoms with van der Waals surface area (Å²) in [4.78, 5) is 24.6. The highest BCUT2D eigenvalue weighted by Crippen LogP contribution is 2.22. The smallest absolute Gasteiger partial charge is 0.316 e. The third-order valence-corrected chi connectivity index (χ3v) is 4.80. The summed E-state index contributed by atoms with van der Waals surface area (Å²) in [5, 5.41) is 4.65. The first kappa shape index (κ1) is 17.4. The summed E-state index contributed by atoms with van der Waals surface area (Å²) in [6, 6.07) is 11.0. The number of nitrogens with one attached hydrogen (secondary N) is 1. The van der Waals surface area contributed by atoms with Gasteiger partial charge >= 0.3 is 5.97 Å². The molecular formula is C16H17NO4S2. The van der Waals surface area contributed by atoms with E-state index in [0.29, 0.717) is 11.4 Å². The molecule has 0 aliphatic rings. The highest BCUT2D eigenvalue weighted by Gasteiger charge is 2.10. The fourth-order valence-corrected chi connectivity index (χ4v) is 3.41. The molecule has 0 aliphatic heterocycles. The fraction of sp³-hybridized carbons (Fsp3) is 0.250. The minimum Gasteiger partial charge on any atom is -0.495 e. The Morgan fingerprint density at radius 1 is 1.22 bits per heavy atom. The van der Waals surface area contributed by atoms with Crippen LogP contribution in [0.3, 0.4) is 0 Å². The lowest BCUT2D eigenvalue weighted by Gasteiger charge is -2.10. The summed E-state index contributed by atoms with van der Waals surface area (Å²) in [7, 11) is 1.52. The van der Waals surface area contributed by atoms with Gasteiger partial charge in [-0.15, -0.1) is 23.1 Å². The van der Waals surface area contributed by atoms with Crippen molar-refractivity contribution in [3.63, 3.8) is 0 Å². The minimum atomic E-state index is -0.401. The maximum Gasteiger partial charge on any atom is 0.316 e. The van der Waals surface area contributed by atoms with Crippen LogP contribution in [0, 0.1) is 0 Å². The van der Waals surface area contributed by atoms with Crippen LogP contribution in [0.2, 0.25) is 0 Å². The van der Waals surface area contributed by atoms with Crippen LogP contribution < -0.4 is 10.1 Å². The van der Waals surface area contributed by atoms with E-state index in [1.54, 1.807) is 35.6 Å². The number of methoxy groups -OCH3 is 1. The molecule has 0 radical (unpaired) electrons. The Morgan fingerprint density at radius 2 is 2.04 bits per heavy atom. The molecule has 0 bridgehead atoms. The minimum absolute atomic E-state index is 0.222. The fourth-order valence-electron chi connectivity index (χ4n) is 1.75. The molecule has 0 saturated carbocycles. The van der Waals surface area contributed by atoms with Gasteiger partial charge in [-0.3, -0.25) is 9.59 Å². The van der Waals surface area contributed by atoms with E-state index in [0.717, 1.165) is 5.75 Å². The second kappa shape index (κ2) is 9.22. The predicted octanol–water partition coefficient (Wildman–Crippen LogP) is 3.17.